The van der Waals surface area contributed by atoms with Crippen LogP contribution >= 0.6 is 0 Å². The molecule has 0 radical (unpaired) electrons. The number of nitrogens with one attached hydrogen (secondary N) is 1. The highest BCUT2D eigenvalue weighted by atomic mass is 16.2. The van der Waals surface area contributed by atoms with Crippen LogP contribution in [0.5, 0.6) is 0 Å². The number of rotatable bonds is 6. The summed E-state index contributed by atoms with van der Waals surface area (Å²) < 4.78 is 0. The van der Waals surface area contributed by atoms with Crippen LogP contribution in [-0.4, -0.2) is 35.8 Å². The molecule has 0 aromatic heterocycles. The molecule has 33 heavy (non-hydrogen) atoms. The van der Waals surface area contributed by atoms with E-state index in [1.165, 1.54) is 28.0 Å². The third kappa shape index (κ3) is 4.41. The lowest BCUT2D eigenvalue weighted by Crippen LogP contribution is -2.47. The van der Waals surface area contributed by atoms with E-state index in [9.17, 15) is 9.59 Å². The molecule has 5 heteroatoms. The van der Waals surface area contributed by atoms with Crippen molar-refractivity contribution in [2.24, 2.45) is 5.73 Å². The van der Waals surface area contributed by atoms with Gasteiger partial charge in [-0.3, -0.25) is 14.5 Å². The van der Waals surface area contributed by atoms with Crippen molar-refractivity contribution >= 4 is 49.8 Å². The number of hydrogen-bond donors (Lipinski definition) is 2. The molecular weight excluding hydrogens is 410 g/mol. The lowest BCUT2D eigenvalue weighted by molar-refractivity contribution is -0.124. The van der Waals surface area contributed by atoms with E-state index in [0.717, 1.165) is 42.4 Å². The first-order valence-electron chi connectivity index (χ1n) is 11.8. The maximum Gasteiger partial charge on any atom is 0.234 e. The maximum absolute atomic E-state index is 12.6. The van der Waals surface area contributed by atoms with Crippen LogP contribution in [0.25, 0.3) is 32.3 Å². The van der Waals surface area contributed by atoms with E-state index in [1.54, 1.807) is 0 Å². The van der Waals surface area contributed by atoms with Gasteiger partial charge in [-0.25, -0.2) is 0 Å². The summed E-state index contributed by atoms with van der Waals surface area (Å²) in [5.41, 5.74) is 6.40. The number of piperidine rings is 1. The van der Waals surface area contributed by atoms with Crippen LogP contribution in [0, 0.1) is 0 Å². The Balaban J connectivity index is 1.32. The van der Waals surface area contributed by atoms with Gasteiger partial charge in [-0.2, -0.15) is 0 Å². The first kappa shape index (κ1) is 21.4. The minimum atomic E-state index is -0.367. The average Bonchev–Trinajstić information content (AvgIpc) is 2.84. The SMILES string of the molecule is NC(=O)C(CCC(=O)Nc1ccc2c(ccc3c4ccccc4ccc23)c1)N1CCCCC1. The molecule has 1 aliphatic rings. The molecule has 3 N–H and O–H groups in total. The van der Waals surface area contributed by atoms with Crippen molar-refractivity contribution in [2.45, 2.75) is 38.1 Å². The van der Waals surface area contributed by atoms with Gasteiger partial charge in [0.05, 0.1) is 6.04 Å². The number of anilines is 1. The highest BCUT2D eigenvalue weighted by Crippen LogP contribution is 2.32. The molecular formula is C28H29N3O2. The minimum Gasteiger partial charge on any atom is -0.368 e. The number of nitrogens with two attached hydrogens (primary N) is 1. The summed E-state index contributed by atoms with van der Waals surface area (Å²) in [6.45, 7) is 1.76. The Morgan fingerprint density at radius 2 is 1.48 bits per heavy atom. The fraction of sp³-hybridized carbons (Fsp3) is 0.286. The highest BCUT2D eigenvalue weighted by Gasteiger charge is 2.25. The fourth-order valence-electron chi connectivity index (χ4n) is 5.13. The summed E-state index contributed by atoms with van der Waals surface area (Å²) in [6, 6.07) is 22.7. The Morgan fingerprint density at radius 3 is 2.24 bits per heavy atom. The number of carbonyl (C=O) groups excluding carboxylic acids is 2. The van der Waals surface area contributed by atoms with Crippen LogP contribution in [0.15, 0.2) is 66.7 Å². The molecule has 168 valence electrons. The van der Waals surface area contributed by atoms with Crippen molar-refractivity contribution in [3.63, 3.8) is 0 Å². The molecule has 0 saturated carbocycles. The van der Waals surface area contributed by atoms with Crippen LogP contribution in [0.4, 0.5) is 5.69 Å². The van der Waals surface area contributed by atoms with Gasteiger partial charge in [0.15, 0.2) is 0 Å². The van der Waals surface area contributed by atoms with Gasteiger partial charge in [0.2, 0.25) is 11.8 Å². The molecule has 0 aliphatic carbocycles. The predicted molar refractivity (Wildman–Crippen MR) is 135 cm³/mol. The smallest absolute Gasteiger partial charge is 0.234 e. The number of nitrogens with zero attached hydrogens (tertiary/aromatic N) is 1. The van der Waals surface area contributed by atoms with E-state index < -0.39 is 0 Å². The molecule has 1 atom stereocenters. The summed E-state index contributed by atoms with van der Waals surface area (Å²) in [6.07, 6.45) is 4.07. The quantitative estimate of drug-likeness (QED) is 0.405. The second-order valence-electron chi connectivity index (χ2n) is 8.98. The molecule has 0 spiro atoms. The number of primary amides is 1. The van der Waals surface area contributed by atoms with Gasteiger partial charge < -0.3 is 11.1 Å². The normalized spacial score (nSPS) is 15.6. The van der Waals surface area contributed by atoms with Crippen molar-refractivity contribution in [1.29, 1.82) is 0 Å². The standard InChI is InChI=1S/C28H29N3O2/c29-28(33)26(31-16-4-1-5-17-31)14-15-27(32)30-21-10-13-23-20(18-21)9-12-24-22-7-3-2-6-19(22)8-11-25(23)24/h2-3,6-13,18,26H,1,4-5,14-17H2,(H2,29,33)(H,30,32). The molecule has 1 aliphatic heterocycles. The number of benzene rings is 4. The summed E-state index contributed by atoms with van der Waals surface area (Å²) >= 11 is 0. The van der Waals surface area contributed by atoms with Crippen LogP contribution < -0.4 is 11.1 Å². The van der Waals surface area contributed by atoms with E-state index >= 15 is 0 Å². The second kappa shape index (κ2) is 9.20. The molecule has 2 amide bonds. The molecule has 1 fully saturated rings. The molecule has 1 saturated heterocycles. The van der Waals surface area contributed by atoms with Crippen molar-refractivity contribution in [3.8, 4) is 0 Å². The molecule has 1 heterocycles. The van der Waals surface area contributed by atoms with E-state index in [-0.39, 0.29) is 24.3 Å². The molecule has 5 rings (SSSR count). The van der Waals surface area contributed by atoms with Gasteiger partial charge in [0, 0.05) is 12.1 Å². The number of fused-ring (bicyclic) bond motifs is 5. The van der Waals surface area contributed by atoms with Crippen LogP contribution in [0.2, 0.25) is 0 Å². The van der Waals surface area contributed by atoms with Gasteiger partial charge in [-0.15, -0.1) is 0 Å². The minimum absolute atomic E-state index is 0.0932. The van der Waals surface area contributed by atoms with Gasteiger partial charge >= 0.3 is 0 Å². The Morgan fingerprint density at radius 1 is 0.818 bits per heavy atom. The third-order valence-corrected chi connectivity index (χ3v) is 6.83. The average molecular weight is 440 g/mol. The monoisotopic (exact) mass is 439 g/mol. The Hall–Kier alpha value is -3.44. The van der Waals surface area contributed by atoms with E-state index in [2.05, 4.69) is 64.8 Å². The highest BCUT2D eigenvalue weighted by molar-refractivity contribution is 6.17. The topological polar surface area (TPSA) is 75.4 Å². The number of carbonyl (C=O) groups is 2. The van der Waals surface area contributed by atoms with E-state index in [0.29, 0.717) is 6.42 Å². The van der Waals surface area contributed by atoms with Gasteiger partial charge in [-0.05, 0) is 76.8 Å². The number of amides is 2. The lowest BCUT2D eigenvalue weighted by Gasteiger charge is -2.32. The number of hydrogen-bond acceptors (Lipinski definition) is 3. The van der Waals surface area contributed by atoms with Crippen LogP contribution in [0.1, 0.15) is 32.1 Å². The lowest BCUT2D eigenvalue weighted by atomic mass is 9.97. The third-order valence-electron chi connectivity index (χ3n) is 6.83. The molecule has 5 nitrogen and oxygen atoms in total. The van der Waals surface area contributed by atoms with Gasteiger partial charge in [0.25, 0.3) is 0 Å². The zero-order valence-electron chi connectivity index (χ0n) is 18.7. The van der Waals surface area contributed by atoms with E-state index in [1.807, 2.05) is 12.1 Å². The predicted octanol–water partition coefficient (Wildman–Crippen LogP) is 5.20. The second-order valence-corrected chi connectivity index (χ2v) is 8.98. The van der Waals surface area contributed by atoms with Crippen LogP contribution in [0.3, 0.4) is 0 Å². The van der Waals surface area contributed by atoms with Gasteiger partial charge in [-0.1, -0.05) is 61.0 Å². The first-order chi connectivity index (χ1) is 16.1. The largest absolute Gasteiger partial charge is 0.368 e. The van der Waals surface area contributed by atoms with Crippen molar-refractivity contribution in [3.05, 3.63) is 66.7 Å². The maximum atomic E-state index is 12.6. The Bertz CT molecular complexity index is 1340. The molecule has 4 aromatic carbocycles. The molecule has 1 unspecified atom stereocenters. The Kier molecular flexibility index (Phi) is 5.97. The summed E-state index contributed by atoms with van der Waals surface area (Å²) in [7, 11) is 0. The van der Waals surface area contributed by atoms with Crippen LogP contribution in [-0.2, 0) is 9.59 Å². The molecule has 0 bridgehead atoms. The summed E-state index contributed by atoms with van der Waals surface area (Å²) in [4.78, 5) is 26.7. The molecule has 4 aromatic rings. The summed E-state index contributed by atoms with van der Waals surface area (Å²) in [5.74, 6) is -0.431. The zero-order chi connectivity index (χ0) is 22.8. The Labute approximate surface area is 193 Å². The van der Waals surface area contributed by atoms with Crippen molar-refractivity contribution < 1.29 is 9.59 Å². The zero-order valence-corrected chi connectivity index (χ0v) is 18.7. The van der Waals surface area contributed by atoms with E-state index in [4.69, 9.17) is 5.73 Å². The van der Waals surface area contributed by atoms with Crippen molar-refractivity contribution in [1.82, 2.24) is 4.90 Å². The van der Waals surface area contributed by atoms with Crippen molar-refractivity contribution in [2.75, 3.05) is 18.4 Å². The fourth-order valence-corrected chi connectivity index (χ4v) is 5.13. The van der Waals surface area contributed by atoms with Gasteiger partial charge in [0.1, 0.15) is 0 Å². The summed E-state index contributed by atoms with van der Waals surface area (Å²) in [5, 5.41) is 10.1. The first-order valence-corrected chi connectivity index (χ1v) is 11.8. The number of likely N-dealkylation sites (tertiary alicyclic amines) is 1.